The number of benzene rings is 2. The zero-order valence-electron chi connectivity index (χ0n) is 24.3. The highest BCUT2D eigenvalue weighted by atomic mass is 35.5. The molecule has 1 aromatic heterocycles. The van der Waals surface area contributed by atoms with Gasteiger partial charge in [-0.05, 0) is 53.8 Å². The summed E-state index contributed by atoms with van der Waals surface area (Å²) in [5, 5.41) is 15.1. The maximum Gasteiger partial charge on any atom is 0.285 e. The first kappa shape index (κ1) is 31.5. The maximum absolute atomic E-state index is 16.6. The number of hydrogen-bond acceptors (Lipinski definition) is 8. The van der Waals surface area contributed by atoms with Crippen LogP contribution in [-0.4, -0.2) is 83.1 Å². The number of amides is 2. The predicted octanol–water partition coefficient (Wildman–Crippen LogP) is 3.26. The molecule has 0 radical (unpaired) electrons. The van der Waals surface area contributed by atoms with Gasteiger partial charge in [0.25, 0.3) is 11.6 Å². The number of Topliss-reactive ketones (excluding diaryl/α,β-unsaturated/α-hetero) is 1. The average molecular weight is 657 g/mol. The number of aliphatic hydroxyl groups is 1. The smallest absolute Gasteiger partial charge is 0.285 e. The lowest BCUT2D eigenvalue weighted by atomic mass is 9.86. The van der Waals surface area contributed by atoms with E-state index in [4.69, 9.17) is 33.7 Å². The van der Waals surface area contributed by atoms with Crippen LogP contribution in [-0.2, 0) is 26.5 Å². The van der Waals surface area contributed by atoms with E-state index in [9.17, 15) is 19.5 Å². The normalized spacial score (nSPS) is 21.4. The van der Waals surface area contributed by atoms with Gasteiger partial charge < -0.3 is 20.9 Å². The summed E-state index contributed by atoms with van der Waals surface area (Å²) in [6.45, 7) is 1.97. The molecule has 13 heteroatoms. The van der Waals surface area contributed by atoms with Crippen molar-refractivity contribution in [2.75, 3.05) is 39.3 Å². The number of pyridine rings is 1. The van der Waals surface area contributed by atoms with E-state index in [-0.39, 0.29) is 29.2 Å². The van der Waals surface area contributed by atoms with Gasteiger partial charge in [0.1, 0.15) is 6.10 Å². The van der Waals surface area contributed by atoms with Crippen LogP contribution in [0.3, 0.4) is 0 Å². The van der Waals surface area contributed by atoms with Gasteiger partial charge in [0, 0.05) is 61.6 Å². The number of ketones is 1. The molecule has 2 aromatic carbocycles. The summed E-state index contributed by atoms with van der Waals surface area (Å²) in [5.41, 5.74) is 3.94. The number of aromatic nitrogens is 1. The number of rotatable bonds is 11. The van der Waals surface area contributed by atoms with Crippen LogP contribution >= 0.6 is 23.2 Å². The molecule has 3 aromatic rings. The van der Waals surface area contributed by atoms with E-state index in [2.05, 4.69) is 10.3 Å². The van der Waals surface area contributed by atoms with Crippen molar-refractivity contribution in [3.63, 3.8) is 0 Å². The Morgan fingerprint density at radius 1 is 1.07 bits per heavy atom. The molecule has 1 saturated heterocycles. The second-order valence-electron chi connectivity index (χ2n) is 11.8. The molecule has 1 aliphatic carbocycles. The van der Waals surface area contributed by atoms with Crippen LogP contribution in [0.4, 0.5) is 4.48 Å². The minimum atomic E-state index is -2.65. The number of aliphatic hydroxyl groups excluding tert-OH is 1. The van der Waals surface area contributed by atoms with Crippen LogP contribution in [0.5, 0.6) is 0 Å². The Bertz CT molecular complexity index is 1630. The van der Waals surface area contributed by atoms with Gasteiger partial charge in [-0.1, -0.05) is 51.9 Å². The number of halogens is 3. The number of nitrogens with two attached hydrogens (primary N) is 1. The highest BCUT2D eigenvalue weighted by Gasteiger charge is 2.62. The molecular formula is C32H32Cl2FN5O5. The van der Waals surface area contributed by atoms with E-state index in [1.165, 1.54) is 12.3 Å². The second kappa shape index (κ2) is 12.4. The summed E-state index contributed by atoms with van der Waals surface area (Å²) in [6.07, 6.45) is 0.628. The molecule has 0 spiro atoms. The van der Waals surface area contributed by atoms with Gasteiger partial charge in [-0.25, -0.2) is 0 Å². The maximum atomic E-state index is 16.6. The molecule has 2 aliphatic heterocycles. The monoisotopic (exact) mass is 655 g/mol. The molecule has 4 N–H and O–H groups in total. The SMILES string of the molecule is NC(=O)C1(CO[C@@]2(C(=O)C(O)CN3CCNCC3)c3ccc(-c4ccc(Cl)cc4)c(Cc4ccc(Cl)cn4)c3C(=O)N2F)CC1. The molecule has 45 heavy (non-hydrogen) atoms. The van der Waals surface area contributed by atoms with E-state index < -0.39 is 41.4 Å². The Kier molecular flexibility index (Phi) is 8.68. The van der Waals surface area contributed by atoms with E-state index in [0.717, 1.165) is 0 Å². The molecule has 2 atom stereocenters. The average Bonchev–Trinajstić information content (AvgIpc) is 3.80. The van der Waals surface area contributed by atoms with Crippen LogP contribution in [0.25, 0.3) is 11.1 Å². The highest BCUT2D eigenvalue weighted by molar-refractivity contribution is 6.30. The number of ether oxygens (including phenoxy) is 1. The quantitative estimate of drug-likeness (QED) is 0.268. The van der Waals surface area contributed by atoms with Crippen molar-refractivity contribution in [1.29, 1.82) is 0 Å². The number of nitrogens with zero attached hydrogens (tertiary/aromatic N) is 3. The molecule has 10 nitrogen and oxygen atoms in total. The van der Waals surface area contributed by atoms with Crippen LogP contribution in [0.1, 0.15) is 40.0 Å². The molecule has 3 heterocycles. The van der Waals surface area contributed by atoms with Crippen LogP contribution < -0.4 is 11.1 Å². The van der Waals surface area contributed by atoms with Crippen LogP contribution in [0.15, 0.2) is 54.7 Å². The Labute approximate surface area is 269 Å². The lowest BCUT2D eigenvalue weighted by molar-refractivity contribution is -0.218. The minimum Gasteiger partial charge on any atom is -0.384 e. The number of fused-ring (bicyclic) bond motifs is 1. The van der Waals surface area contributed by atoms with E-state index in [1.54, 1.807) is 42.5 Å². The zero-order chi connectivity index (χ0) is 31.9. The first-order valence-corrected chi connectivity index (χ1v) is 15.4. The van der Waals surface area contributed by atoms with Gasteiger partial charge in [-0.15, -0.1) is 5.12 Å². The lowest BCUT2D eigenvalue weighted by Gasteiger charge is -2.36. The summed E-state index contributed by atoms with van der Waals surface area (Å²) in [6, 6.07) is 13.4. The van der Waals surface area contributed by atoms with E-state index in [1.807, 2.05) is 4.90 Å². The first-order valence-electron chi connectivity index (χ1n) is 14.7. The second-order valence-corrected chi connectivity index (χ2v) is 12.6. The first-order chi connectivity index (χ1) is 21.6. The summed E-state index contributed by atoms with van der Waals surface area (Å²) < 4.78 is 22.7. The lowest BCUT2D eigenvalue weighted by Crippen LogP contribution is -2.56. The van der Waals surface area contributed by atoms with Gasteiger partial charge in [-0.2, -0.15) is 0 Å². The van der Waals surface area contributed by atoms with Crippen molar-refractivity contribution in [2.45, 2.75) is 31.1 Å². The molecule has 0 bridgehead atoms. The topological polar surface area (TPSA) is 138 Å². The third kappa shape index (κ3) is 5.84. The molecule has 3 aliphatic rings. The Morgan fingerprint density at radius 3 is 2.38 bits per heavy atom. The fourth-order valence-electron chi connectivity index (χ4n) is 6.03. The predicted molar refractivity (Wildman–Crippen MR) is 165 cm³/mol. The number of β-amino-alcohol motifs (C(OH)–C–C–N with tert-alkyl or cyclic N) is 1. The van der Waals surface area contributed by atoms with Crippen molar-refractivity contribution in [3.05, 3.63) is 87.2 Å². The standard InChI is InChI=1S/C32H32Cl2FN5O5/c33-20-3-1-19(2-4-20)23-7-8-25-27(24(23)15-22-6-5-21(34)16-38-22)29(43)40(35)32(25,45-18-31(9-10-31)30(36)44)28(42)26(41)17-39-13-11-37-12-14-39/h1-8,16,26,37,41H,9-15,17-18H2,(H2,36,44)/t26?,32-/m1/s1. The fraction of sp³-hybridized carbons (Fsp3) is 0.375. The van der Waals surface area contributed by atoms with Crippen molar-refractivity contribution >= 4 is 40.8 Å². The molecule has 1 unspecified atom stereocenters. The number of carbonyl (C=O) groups is 3. The van der Waals surface area contributed by atoms with E-state index in [0.29, 0.717) is 71.5 Å². The summed E-state index contributed by atoms with van der Waals surface area (Å²) in [7, 11) is 0. The number of nitrogens with one attached hydrogen (secondary N) is 1. The molecular weight excluding hydrogens is 624 g/mol. The Balaban J connectivity index is 1.49. The van der Waals surface area contributed by atoms with Crippen LogP contribution in [0, 0.1) is 5.41 Å². The molecule has 236 valence electrons. The summed E-state index contributed by atoms with van der Waals surface area (Å²) in [5.74, 6) is -2.81. The van der Waals surface area contributed by atoms with Crippen LogP contribution in [0.2, 0.25) is 10.0 Å². The van der Waals surface area contributed by atoms with Gasteiger partial charge in [0.05, 0.1) is 22.6 Å². The Morgan fingerprint density at radius 2 is 1.76 bits per heavy atom. The summed E-state index contributed by atoms with van der Waals surface area (Å²) >= 11 is 12.2. The highest BCUT2D eigenvalue weighted by Crippen LogP contribution is 2.51. The van der Waals surface area contributed by atoms with Gasteiger partial charge in [-0.3, -0.25) is 24.3 Å². The summed E-state index contributed by atoms with van der Waals surface area (Å²) in [4.78, 5) is 46.7. The minimum absolute atomic E-state index is 0.0682. The van der Waals surface area contributed by atoms with Crippen molar-refractivity contribution in [2.24, 2.45) is 11.1 Å². The number of piperazine rings is 1. The number of carbonyl (C=O) groups excluding carboxylic acids is 3. The molecule has 2 fully saturated rings. The third-order valence-corrected chi connectivity index (χ3v) is 9.33. The molecule has 2 amide bonds. The van der Waals surface area contributed by atoms with Gasteiger partial charge in [0.2, 0.25) is 11.7 Å². The fourth-order valence-corrected chi connectivity index (χ4v) is 6.27. The van der Waals surface area contributed by atoms with Gasteiger partial charge in [0.15, 0.2) is 0 Å². The molecule has 6 rings (SSSR count). The number of hydrogen-bond donors (Lipinski definition) is 3. The number of primary amides is 1. The molecule has 1 saturated carbocycles. The zero-order valence-corrected chi connectivity index (χ0v) is 25.8. The van der Waals surface area contributed by atoms with Crippen molar-refractivity contribution in [3.8, 4) is 11.1 Å². The van der Waals surface area contributed by atoms with Crippen molar-refractivity contribution < 1.29 is 28.7 Å². The van der Waals surface area contributed by atoms with Gasteiger partial charge >= 0.3 is 0 Å². The largest absolute Gasteiger partial charge is 0.384 e. The third-order valence-electron chi connectivity index (χ3n) is 8.86. The Hall–Kier alpha value is -3.45. The van der Waals surface area contributed by atoms with E-state index >= 15 is 4.48 Å². The van der Waals surface area contributed by atoms with Crippen molar-refractivity contribution in [1.82, 2.24) is 20.3 Å².